The summed E-state index contributed by atoms with van der Waals surface area (Å²) >= 11 is 0. The van der Waals surface area contributed by atoms with E-state index in [9.17, 15) is 10.2 Å². The van der Waals surface area contributed by atoms with Crippen molar-refractivity contribution in [2.45, 2.75) is 52.2 Å². The second-order valence-electron chi connectivity index (χ2n) is 5.12. The van der Waals surface area contributed by atoms with Crippen LogP contribution in [0.4, 0.5) is 0 Å². The summed E-state index contributed by atoms with van der Waals surface area (Å²) in [5, 5.41) is 19.1. The summed E-state index contributed by atoms with van der Waals surface area (Å²) in [6.45, 7) is 7.74. The molecule has 3 nitrogen and oxygen atoms in total. The van der Waals surface area contributed by atoms with Gasteiger partial charge in [0.05, 0.1) is 19.3 Å². The molecule has 3 unspecified atom stereocenters. The van der Waals surface area contributed by atoms with Crippen molar-refractivity contribution in [2.75, 3.05) is 7.11 Å². The normalized spacial score (nSPS) is 16.2. The van der Waals surface area contributed by atoms with Crippen molar-refractivity contribution in [2.24, 2.45) is 0 Å². The molecule has 0 aromatic heterocycles. The van der Waals surface area contributed by atoms with Crippen LogP contribution in [-0.4, -0.2) is 29.5 Å². The van der Waals surface area contributed by atoms with Gasteiger partial charge in [-0.2, -0.15) is 0 Å². The lowest BCUT2D eigenvalue weighted by Gasteiger charge is -2.21. The van der Waals surface area contributed by atoms with E-state index in [4.69, 9.17) is 4.74 Å². The van der Waals surface area contributed by atoms with Gasteiger partial charge in [0, 0.05) is 0 Å². The number of hydrogen-bond donors (Lipinski definition) is 2. The fourth-order valence-corrected chi connectivity index (χ4v) is 2.25. The topological polar surface area (TPSA) is 49.7 Å². The number of aryl methyl sites for hydroxylation is 2. The van der Waals surface area contributed by atoms with Gasteiger partial charge in [0.25, 0.3) is 0 Å². The molecule has 0 aliphatic carbocycles. The van der Waals surface area contributed by atoms with Gasteiger partial charge in [-0.1, -0.05) is 13.0 Å². The third-order valence-corrected chi connectivity index (χ3v) is 3.47. The minimum Gasteiger partial charge on any atom is -0.496 e. The zero-order chi connectivity index (χ0) is 13.9. The fourth-order valence-electron chi connectivity index (χ4n) is 2.25. The average molecular weight is 252 g/mol. The first kappa shape index (κ1) is 15.0. The Labute approximate surface area is 109 Å². The van der Waals surface area contributed by atoms with Crippen molar-refractivity contribution in [3.63, 3.8) is 0 Å². The Morgan fingerprint density at radius 3 is 2.22 bits per heavy atom. The van der Waals surface area contributed by atoms with Crippen LogP contribution in [0.3, 0.4) is 0 Å². The fraction of sp³-hybridized carbons (Fsp3) is 0.600. The predicted molar refractivity (Wildman–Crippen MR) is 73.2 cm³/mol. The Morgan fingerprint density at radius 2 is 1.72 bits per heavy atom. The molecular formula is C15H24O3. The summed E-state index contributed by atoms with van der Waals surface area (Å²) in [7, 11) is 1.67. The number of aliphatic hydroxyl groups is 2. The molecule has 0 amide bonds. The molecule has 0 fully saturated rings. The van der Waals surface area contributed by atoms with Crippen molar-refractivity contribution in [1.82, 2.24) is 0 Å². The third-order valence-electron chi connectivity index (χ3n) is 3.47. The molecule has 1 aromatic rings. The van der Waals surface area contributed by atoms with E-state index in [2.05, 4.69) is 13.0 Å². The Bertz CT molecular complexity index is 399. The first-order valence-corrected chi connectivity index (χ1v) is 6.38. The molecule has 0 heterocycles. The van der Waals surface area contributed by atoms with Crippen LogP contribution in [0.15, 0.2) is 12.1 Å². The van der Waals surface area contributed by atoms with Gasteiger partial charge >= 0.3 is 0 Å². The summed E-state index contributed by atoms with van der Waals surface area (Å²) in [5.74, 6) is 1.10. The summed E-state index contributed by atoms with van der Waals surface area (Å²) in [4.78, 5) is 0. The van der Waals surface area contributed by atoms with Crippen LogP contribution in [0, 0.1) is 13.8 Å². The molecule has 3 atom stereocenters. The van der Waals surface area contributed by atoms with E-state index in [1.807, 2.05) is 19.9 Å². The zero-order valence-electron chi connectivity index (χ0n) is 11.9. The highest BCUT2D eigenvalue weighted by Gasteiger charge is 2.18. The van der Waals surface area contributed by atoms with Crippen LogP contribution < -0.4 is 4.74 Å². The van der Waals surface area contributed by atoms with Crippen LogP contribution in [0.25, 0.3) is 0 Å². The molecule has 0 spiro atoms. The molecule has 0 saturated heterocycles. The highest BCUT2D eigenvalue weighted by Crippen LogP contribution is 2.30. The van der Waals surface area contributed by atoms with Gasteiger partial charge in [0.15, 0.2) is 0 Å². The Balaban J connectivity index is 2.92. The molecule has 0 aliphatic rings. The smallest absolute Gasteiger partial charge is 0.122 e. The standard InChI is InChI=1S/C15H24O3/c1-9(7-14(17)12(4)16)13-6-11(3)15(18-5)8-10(13)2/h6,8-9,12,14,16-17H,7H2,1-5H3. The minimum absolute atomic E-state index is 0.208. The lowest BCUT2D eigenvalue weighted by atomic mass is 9.89. The van der Waals surface area contributed by atoms with Crippen molar-refractivity contribution in [3.05, 3.63) is 28.8 Å². The molecule has 0 bridgehead atoms. The van der Waals surface area contributed by atoms with Crippen LogP contribution >= 0.6 is 0 Å². The molecule has 0 aliphatic heterocycles. The van der Waals surface area contributed by atoms with E-state index in [-0.39, 0.29) is 5.92 Å². The molecule has 2 N–H and O–H groups in total. The number of benzene rings is 1. The Morgan fingerprint density at radius 1 is 1.11 bits per heavy atom. The van der Waals surface area contributed by atoms with E-state index < -0.39 is 12.2 Å². The second-order valence-corrected chi connectivity index (χ2v) is 5.12. The number of ether oxygens (including phenoxy) is 1. The first-order valence-electron chi connectivity index (χ1n) is 6.38. The van der Waals surface area contributed by atoms with Gasteiger partial charge in [-0.3, -0.25) is 0 Å². The van der Waals surface area contributed by atoms with Crippen molar-refractivity contribution in [3.8, 4) is 5.75 Å². The number of aliphatic hydroxyl groups excluding tert-OH is 2. The molecule has 102 valence electrons. The van der Waals surface area contributed by atoms with Gasteiger partial charge < -0.3 is 14.9 Å². The Kier molecular flexibility index (Phi) is 5.17. The van der Waals surface area contributed by atoms with Crippen molar-refractivity contribution < 1.29 is 14.9 Å². The SMILES string of the molecule is COc1cc(C)c(C(C)CC(O)C(C)O)cc1C. The van der Waals surface area contributed by atoms with Gasteiger partial charge in [-0.25, -0.2) is 0 Å². The maximum atomic E-state index is 9.74. The lowest BCUT2D eigenvalue weighted by molar-refractivity contribution is 0.0227. The summed E-state index contributed by atoms with van der Waals surface area (Å²) in [5.41, 5.74) is 3.45. The second kappa shape index (κ2) is 6.21. The maximum Gasteiger partial charge on any atom is 0.122 e. The Hall–Kier alpha value is -1.06. The van der Waals surface area contributed by atoms with E-state index in [0.717, 1.165) is 16.9 Å². The van der Waals surface area contributed by atoms with E-state index in [0.29, 0.717) is 6.42 Å². The highest BCUT2D eigenvalue weighted by atomic mass is 16.5. The van der Waals surface area contributed by atoms with Gasteiger partial charge in [-0.15, -0.1) is 0 Å². The van der Waals surface area contributed by atoms with Crippen LogP contribution in [0.5, 0.6) is 5.75 Å². The summed E-state index contributed by atoms with van der Waals surface area (Å²) in [6.07, 6.45) is -0.807. The minimum atomic E-state index is -0.688. The van der Waals surface area contributed by atoms with E-state index in [1.54, 1.807) is 14.0 Å². The molecule has 18 heavy (non-hydrogen) atoms. The zero-order valence-corrected chi connectivity index (χ0v) is 11.9. The van der Waals surface area contributed by atoms with Crippen LogP contribution in [0.1, 0.15) is 42.9 Å². The van der Waals surface area contributed by atoms with Gasteiger partial charge in [0.2, 0.25) is 0 Å². The molecule has 0 radical (unpaired) electrons. The van der Waals surface area contributed by atoms with E-state index >= 15 is 0 Å². The molecule has 1 rings (SSSR count). The lowest BCUT2D eigenvalue weighted by Crippen LogP contribution is -2.24. The third kappa shape index (κ3) is 3.47. The molecule has 0 saturated carbocycles. The number of rotatable bonds is 5. The monoisotopic (exact) mass is 252 g/mol. The molecular weight excluding hydrogens is 228 g/mol. The van der Waals surface area contributed by atoms with Crippen LogP contribution in [0.2, 0.25) is 0 Å². The summed E-state index contributed by atoms with van der Waals surface area (Å²) in [6, 6.07) is 4.13. The van der Waals surface area contributed by atoms with E-state index in [1.165, 1.54) is 5.56 Å². The summed E-state index contributed by atoms with van der Waals surface area (Å²) < 4.78 is 5.29. The van der Waals surface area contributed by atoms with Gasteiger partial charge in [0.1, 0.15) is 5.75 Å². The first-order chi connectivity index (χ1) is 8.36. The number of methoxy groups -OCH3 is 1. The largest absolute Gasteiger partial charge is 0.496 e. The maximum absolute atomic E-state index is 9.74. The molecule has 1 aromatic carbocycles. The van der Waals surface area contributed by atoms with Gasteiger partial charge in [-0.05, 0) is 55.9 Å². The average Bonchev–Trinajstić information content (AvgIpc) is 2.31. The van der Waals surface area contributed by atoms with Crippen molar-refractivity contribution in [1.29, 1.82) is 0 Å². The predicted octanol–water partition coefficient (Wildman–Crippen LogP) is 2.55. The van der Waals surface area contributed by atoms with Crippen molar-refractivity contribution >= 4 is 0 Å². The number of hydrogen-bond acceptors (Lipinski definition) is 3. The van der Waals surface area contributed by atoms with Crippen LogP contribution in [-0.2, 0) is 0 Å². The quantitative estimate of drug-likeness (QED) is 0.846. The molecule has 3 heteroatoms. The highest BCUT2D eigenvalue weighted by molar-refractivity contribution is 5.42.